The van der Waals surface area contributed by atoms with Crippen molar-refractivity contribution in [3.8, 4) is 0 Å². The molecule has 1 N–H and O–H groups in total. The van der Waals surface area contributed by atoms with Crippen molar-refractivity contribution < 1.29 is 24.4 Å². The van der Waals surface area contributed by atoms with Crippen LogP contribution in [0, 0.1) is 11.8 Å². The molecule has 5 heteroatoms. The maximum absolute atomic E-state index is 11.5. The van der Waals surface area contributed by atoms with E-state index < -0.39 is 17.4 Å². The van der Waals surface area contributed by atoms with E-state index in [9.17, 15) is 9.90 Å². The zero-order chi connectivity index (χ0) is 22.7. The molecule has 0 radical (unpaired) electrons. The van der Waals surface area contributed by atoms with Crippen molar-refractivity contribution in [3.05, 3.63) is 35.9 Å². The molecule has 0 saturated carbocycles. The van der Waals surface area contributed by atoms with Gasteiger partial charge in [0, 0.05) is 5.92 Å². The minimum Gasteiger partial charge on any atom is -0.469 e. The number of hydrogen-bond acceptors (Lipinski definition) is 5. The molecule has 5 nitrogen and oxygen atoms in total. The number of hydrogen-bond donors (Lipinski definition) is 1. The number of ether oxygens (including phenoxy) is 1. The van der Waals surface area contributed by atoms with Crippen LogP contribution in [-0.2, 0) is 25.7 Å². The monoisotopic (exact) mass is 434 g/mol. The molecule has 1 aromatic carbocycles. The molecule has 1 aromatic rings. The fourth-order valence-corrected chi connectivity index (χ4v) is 4.71. The maximum Gasteiger partial charge on any atom is 0.311 e. The van der Waals surface area contributed by atoms with Gasteiger partial charge in [-0.15, -0.1) is 0 Å². The van der Waals surface area contributed by atoms with Crippen molar-refractivity contribution in [2.24, 2.45) is 11.8 Å². The third kappa shape index (κ3) is 8.91. The number of unbranched alkanes of at least 4 members (excludes halogenated alkanes) is 5. The summed E-state index contributed by atoms with van der Waals surface area (Å²) in [5, 5.41) is 10.6. The smallest absolute Gasteiger partial charge is 0.311 e. The summed E-state index contributed by atoms with van der Waals surface area (Å²) in [6.07, 6.45) is 11.4. The highest BCUT2D eigenvalue weighted by Crippen LogP contribution is 2.41. The standard InChI is InChI=1S/C26H42O5/c1-21(14-10-7-5-6-8-11-15-23-16-12-9-13-17-23)18-25(3)19-22(2)26(28,31-30-25)20-24(27)29-4/h9,12-13,16-17,21-22,28H,5-8,10-11,14-15,18-20H2,1-4H3/t21?,22-,25+,26+/m1/s1. The van der Waals surface area contributed by atoms with Gasteiger partial charge in [-0.05, 0) is 44.1 Å². The van der Waals surface area contributed by atoms with E-state index in [0.29, 0.717) is 12.3 Å². The second-order valence-corrected chi connectivity index (χ2v) is 9.77. The molecule has 31 heavy (non-hydrogen) atoms. The minimum absolute atomic E-state index is 0.214. The third-order valence-corrected chi connectivity index (χ3v) is 6.56. The van der Waals surface area contributed by atoms with Gasteiger partial charge in [-0.25, -0.2) is 4.89 Å². The van der Waals surface area contributed by atoms with Crippen molar-refractivity contribution in [2.75, 3.05) is 7.11 Å². The number of carbonyl (C=O) groups is 1. The van der Waals surface area contributed by atoms with Crippen LogP contribution in [0.5, 0.6) is 0 Å². The molecule has 176 valence electrons. The Balaban J connectivity index is 1.57. The van der Waals surface area contributed by atoms with Gasteiger partial charge in [0.2, 0.25) is 5.79 Å². The topological polar surface area (TPSA) is 65.0 Å². The molecular formula is C26H42O5. The fraction of sp³-hybridized carbons (Fsp3) is 0.731. The molecule has 0 aromatic heterocycles. The SMILES string of the molecule is COC(=O)C[C@]1(O)OO[C@@](C)(CC(C)CCCCCCCCc2ccccc2)C[C@H]1C. The molecule has 1 fully saturated rings. The molecule has 1 aliphatic heterocycles. The van der Waals surface area contributed by atoms with Gasteiger partial charge in [-0.1, -0.05) is 82.7 Å². The molecule has 0 spiro atoms. The number of carbonyl (C=O) groups excluding carboxylic acids is 1. The Hall–Kier alpha value is -1.43. The first-order valence-corrected chi connectivity index (χ1v) is 12.0. The van der Waals surface area contributed by atoms with E-state index in [0.717, 1.165) is 6.42 Å². The average Bonchev–Trinajstić information content (AvgIpc) is 2.74. The number of aryl methyl sites for hydroxylation is 1. The van der Waals surface area contributed by atoms with Crippen LogP contribution in [0.25, 0.3) is 0 Å². The van der Waals surface area contributed by atoms with Gasteiger partial charge in [0.1, 0.15) is 12.0 Å². The fourth-order valence-electron chi connectivity index (χ4n) is 4.71. The van der Waals surface area contributed by atoms with Crippen molar-refractivity contribution in [1.29, 1.82) is 0 Å². The lowest BCUT2D eigenvalue weighted by molar-refractivity contribution is -0.497. The van der Waals surface area contributed by atoms with E-state index in [-0.39, 0.29) is 12.3 Å². The summed E-state index contributed by atoms with van der Waals surface area (Å²) in [5.41, 5.74) is 0.996. The van der Waals surface area contributed by atoms with Crippen LogP contribution >= 0.6 is 0 Å². The lowest BCUT2D eigenvalue weighted by Crippen LogP contribution is -2.52. The van der Waals surface area contributed by atoms with E-state index in [4.69, 9.17) is 9.78 Å². The third-order valence-electron chi connectivity index (χ3n) is 6.56. The summed E-state index contributed by atoms with van der Waals surface area (Å²) < 4.78 is 4.65. The van der Waals surface area contributed by atoms with Crippen LogP contribution in [0.2, 0.25) is 0 Å². The van der Waals surface area contributed by atoms with Gasteiger partial charge in [0.25, 0.3) is 0 Å². The van der Waals surface area contributed by atoms with E-state index in [1.165, 1.54) is 64.0 Å². The number of methoxy groups -OCH3 is 1. The summed E-state index contributed by atoms with van der Waals surface area (Å²) >= 11 is 0. The van der Waals surface area contributed by atoms with E-state index in [1.54, 1.807) is 0 Å². The highest BCUT2D eigenvalue weighted by molar-refractivity contribution is 5.70. The Morgan fingerprint density at radius 2 is 1.77 bits per heavy atom. The molecule has 1 heterocycles. The summed E-state index contributed by atoms with van der Waals surface area (Å²) in [6, 6.07) is 10.7. The predicted octanol–water partition coefficient (Wildman–Crippen LogP) is 5.98. The second-order valence-electron chi connectivity index (χ2n) is 9.77. The molecule has 1 aliphatic rings. The van der Waals surface area contributed by atoms with Gasteiger partial charge in [0.15, 0.2) is 0 Å². The van der Waals surface area contributed by atoms with Crippen molar-refractivity contribution in [3.63, 3.8) is 0 Å². The predicted molar refractivity (Wildman–Crippen MR) is 122 cm³/mol. The van der Waals surface area contributed by atoms with Gasteiger partial charge in [0.05, 0.1) is 7.11 Å². The van der Waals surface area contributed by atoms with Crippen LogP contribution in [0.3, 0.4) is 0 Å². The Morgan fingerprint density at radius 1 is 1.13 bits per heavy atom. The number of aliphatic hydroxyl groups is 1. The van der Waals surface area contributed by atoms with Gasteiger partial charge < -0.3 is 9.84 Å². The summed E-state index contributed by atoms with van der Waals surface area (Å²) in [7, 11) is 1.30. The molecule has 1 unspecified atom stereocenters. The summed E-state index contributed by atoms with van der Waals surface area (Å²) in [5.74, 6) is -1.81. The maximum atomic E-state index is 11.5. The molecule has 0 amide bonds. The number of rotatable bonds is 13. The average molecular weight is 435 g/mol. The first-order valence-electron chi connectivity index (χ1n) is 12.0. The normalized spacial score (nSPS) is 27.1. The van der Waals surface area contributed by atoms with Crippen LogP contribution in [0.4, 0.5) is 0 Å². The number of benzene rings is 1. The van der Waals surface area contributed by atoms with Crippen molar-refractivity contribution in [2.45, 2.75) is 103 Å². The zero-order valence-corrected chi connectivity index (χ0v) is 19.9. The van der Waals surface area contributed by atoms with E-state index in [2.05, 4.69) is 42.0 Å². The van der Waals surface area contributed by atoms with Crippen molar-refractivity contribution in [1.82, 2.24) is 0 Å². The first kappa shape index (κ1) is 25.8. The van der Waals surface area contributed by atoms with Crippen LogP contribution in [0.15, 0.2) is 30.3 Å². The molecule has 0 bridgehead atoms. The highest BCUT2D eigenvalue weighted by Gasteiger charge is 2.49. The minimum atomic E-state index is -1.61. The zero-order valence-electron chi connectivity index (χ0n) is 19.9. The van der Waals surface area contributed by atoms with Gasteiger partial charge >= 0.3 is 5.97 Å². The lowest BCUT2D eigenvalue weighted by Gasteiger charge is -2.45. The van der Waals surface area contributed by atoms with Gasteiger partial charge in [-0.3, -0.25) is 4.79 Å². The van der Waals surface area contributed by atoms with Crippen LogP contribution in [0.1, 0.15) is 90.5 Å². The summed E-state index contributed by atoms with van der Waals surface area (Å²) in [4.78, 5) is 22.5. The molecule has 4 atom stereocenters. The molecule has 2 rings (SSSR count). The molecule has 0 aliphatic carbocycles. The van der Waals surface area contributed by atoms with Crippen molar-refractivity contribution >= 4 is 5.97 Å². The second kappa shape index (κ2) is 12.6. The van der Waals surface area contributed by atoms with E-state index in [1.807, 2.05) is 13.8 Å². The first-order chi connectivity index (χ1) is 14.8. The summed E-state index contributed by atoms with van der Waals surface area (Å²) in [6.45, 7) is 6.19. The number of esters is 1. The Kier molecular flexibility index (Phi) is 10.5. The Labute approximate surface area is 188 Å². The van der Waals surface area contributed by atoms with Crippen LogP contribution < -0.4 is 0 Å². The Morgan fingerprint density at radius 3 is 2.42 bits per heavy atom. The van der Waals surface area contributed by atoms with Gasteiger partial charge in [-0.2, -0.15) is 4.89 Å². The lowest BCUT2D eigenvalue weighted by atomic mass is 9.79. The Bertz CT molecular complexity index is 648. The molecular weight excluding hydrogens is 392 g/mol. The van der Waals surface area contributed by atoms with E-state index >= 15 is 0 Å². The highest BCUT2D eigenvalue weighted by atomic mass is 17.2. The quantitative estimate of drug-likeness (QED) is 0.235. The molecule has 1 saturated heterocycles. The van der Waals surface area contributed by atoms with Crippen LogP contribution in [-0.4, -0.2) is 29.6 Å². The largest absolute Gasteiger partial charge is 0.469 e.